The minimum Gasteiger partial charge on any atom is -0.497 e. The average Bonchev–Trinajstić information content (AvgIpc) is 2.39. The summed E-state index contributed by atoms with van der Waals surface area (Å²) in [6.07, 6.45) is 0. The quantitative estimate of drug-likeness (QED) is 0.781. The molecule has 0 bridgehead atoms. The van der Waals surface area contributed by atoms with Crippen LogP contribution in [0, 0.1) is 5.92 Å². The van der Waals surface area contributed by atoms with Crippen LogP contribution in [-0.4, -0.2) is 38.2 Å². The Morgan fingerprint density at radius 2 is 1.74 bits per heavy atom. The van der Waals surface area contributed by atoms with Gasteiger partial charge >= 0.3 is 0 Å². The highest BCUT2D eigenvalue weighted by atomic mass is 16.5. The fourth-order valence-electron chi connectivity index (χ4n) is 1.91. The third-order valence-corrected chi connectivity index (χ3v) is 3.34. The van der Waals surface area contributed by atoms with Crippen molar-refractivity contribution < 1.29 is 4.74 Å². The Balaban J connectivity index is 2.37. The van der Waals surface area contributed by atoms with Crippen molar-refractivity contribution in [2.75, 3.05) is 27.2 Å². The Bertz CT molecular complexity index is 348. The van der Waals surface area contributed by atoms with Gasteiger partial charge in [-0.15, -0.1) is 0 Å². The maximum Gasteiger partial charge on any atom is 0.118 e. The first-order chi connectivity index (χ1) is 9.02. The van der Waals surface area contributed by atoms with Crippen LogP contribution in [0.15, 0.2) is 24.3 Å². The molecule has 0 fully saturated rings. The van der Waals surface area contributed by atoms with E-state index in [1.54, 1.807) is 7.11 Å². The maximum absolute atomic E-state index is 5.17. The number of benzene rings is 1. The molecule has 1 aromatic rings. The van der Waals surface area contributed by atoms with Crippen LogP contribution in [-0.2, 0) is 6.54 Å². The van der Waals surface area contributed by atoms with Gasteiger partial charge in [-0.1, -0.05) is 26.0 Å². The van der Waals surface area contributed by atoms with Crippen molar-refractivity contribution in [2.24, 2.45) is 5.92 Å². The van der Waals surface area contributed by atoms with Gasteiger partial charge in [0.25, 0.3) is 0 Å². The van der Waals surface area contributed by atoms with E-state index in [-0.39, 0.29) is 0 Å². The summed E-state index contributed by atoms with van der Waals surface area (Å²) in [7, 11) is 3.87. The predicted octanol–water partition coefficient (Wildman–Crippen LogP) is 2.76. The van der Waals surface area contributed by atoms with Crippen molar-refractivity contribution >= 4 is 0 Å². The van der Waals surface area contributed by atoms with E-state index in [0.717, 1.165) is 25.4 Å². The summed E-state index contributed by atoms with van der Waals surface area (Å²) in [5.74, 6) is 1.62. The second-order valence-electron chi connectivity index (χ2n) is 5.66. The molecule has 108 valence electrons. The number of likely N-dealkylation sites (N-methyl/N-ethyl adjacent to an activating group) is 1. The van der Waals surface area contributed by atoms with E-state index in [0.29, 0.717) is 12.0 Å². The number of hydrogen-bond acceptors (Lipinski definition) is 3. The molecule has 0 heterocycles. The largest absolute Gasteiger partial charge is 0.497 e. The van der Waals surface area contributed by atoms with Gasteiger partial charge in [-0.2, -0.15) is 0 Å². The average molecular weight is 264 g/mol. The monoisotopic (exact) mass is 264 g/mol. The van der Waals surface area contributed by atoms with Gasteiger partial charge in [-0.25, -0.2) is 0 Å². The van der Waals surface area contributed by atoms with Crippen molar-refractivity contribution in [3.8, 4) is 5.75 Å². The number of nitrogens with one attached hydrogen (secondary N) is 1. The zero-order chi connectivity index (χ0) is 14.3. The lowest BCUT2D eigenvalue weighted by Crippen LogP contribution is -2.38. The molecule has 1 rings (SSSR count). The van der Waals surface area contributed by atoms with Gasteiger partial charge in [0.1, 0.15) is 5.75 Å². The lowest BCUT2D eigenvalue weighted by Gasteiger charge is -2.25. The summed E-state index contributed by atoms with van der Waals surface area (Å²) in [5, 5.41) is 3.51. The van der Waals surface area contributed by atoms with Crippen LogP contribution in [0.4, 0.5) is 0 Å². The summed E-state index contributed by atoms with van der Waals surface area (Å²) in [4.78, 5) is 2.37. The Labute approximate surface area is 118 Å². The summed E-state index contributed by atoms with van der Waals surface area (Å²) < 4.78 is 5.17. The Morgan fingerprint density at radius 3 is 2.26 bits per heavy atom. The normalized spacial score (nSPS) is 13.0. The highest BCUT2D eigenvalue weighted by Gasteiger charge is 2.09. The molecule has 3 heteroatoms. The maximum atomic E-state index is 5.17. The third-order valence-electron chi connectivity index (χ3n) is 3.34. The minimum absolute atomic E-state index is 0.529. The van der Waals surface area contributed by atoms with E-state index in [9.17, 15) is 0 Å². The van der Waals surface area contributed by atoms with Crippen molar-refractivity contribution in [1.29, 1.82) is 0 Å². The summed E-state index contributed by atoms with van der Waals surface area (Å²) in [6, 6.07) is 8.82. The van der Waals surface area contributed by atoms with Crippen LogP contribution < -0.4 is 10.1 Å². The number of rotatable bonds is 8. The standard InChI is InChI=1S/C16H28N2O/c1-13(2)10-17-11-14(3)18(4)12-15-6-8-16(19-5)9-7-15/h6-9,13-14,17H,10-12H2,1-5H3. The van der Waals surface area contributed by atoms with E-state index in [1.165, 1.54) is 5.56 Å². The predicted molar refractivity (Wildman–Crippen MR) is 81.6 cm³/mol. The van der Waals surface area contributed by atoms with Crippen molar-refractivity contribution in [3.05, 3.63) is 29.8 Å². The van der Waals surface area contributed by atoms with Crippen molar-refractivity contribution in [3.63, 3.8) is 0 Å². The molecule has 1 aromatic carbocycles. The molecule has 0 spiro atoms. The molecule has 0 aromatic heterocycles. The Morgan fingerprint density at radius 1 is 1.11 bits per heavy atom. The molecule has 19 heavy (non-hydrogen) atoms. The van der Waals surface area contributed by atoms with Crippen LogP contribution in [0.25, 0.3) is 0 Å². The molecular weight excluding hydrogens is 236 g/mol. The van der Waals surface area contributed by atoms with Gasteiger partial charge in [-0.05, 0) is 44.1 Å². The molecule has 0 aliphatic heterocycles. The number of ether oxygens (including phenoxy) is 1. The third kappa shape index (κ3) is 6.08. The SMILES string of the molecule is COc1ccc(CN(C)C(C)CNCC(C)C)cc1. The van der Waals surface area contributed by atoms with Crippen LogP contribution in [0.5, 0.6) is 5.75 Å². The van der Waals surface area contributed by atoms with E-state index in [1.807, 2.05) is 12.1 Å². The van der Waals surface area contributed by atoms with Gasteiger partial charge in [0, 0.05) is 19.1 Å². The molecular formula is C16H28N2O. The lowest BCUT2D eigenvalue weighted by molar-refractivity contribution is 0.241. The minimum atomic E-state index is 0.529. The summed E-state index contributed by atoms with van der Waals surface area (Å²) in [6.45, 7) is 9.81. The topological polar surface area (TPSA) is 24.5 Å². The summed E-state index contributed by atoms with van der Waals surface area (Å²) in [5.41, 5.74) is 1.32. The van der Waals surface area contributed by atoms with Crippen LogP contribution in [0.1, 0.15) is 26.3 Å². The second kappa shape index (κ2) is 8.18. The molecule has 0 amide bonds. The zero-order valence-corrected chi connectivity index (χ0v) is 12.9. The number of nitrogens with zero attached hydrogens (tertiary/aromatic N) is 1. The molecule has 1 unspecified atom stereocenters. The number of hydrogen-bond donors (Lipinski definition) is 1. The smallest absolute Gasteiger partial charge is 0.118 e. The fourth-order valence-corrected chi connectivity index (χ4v) is 1.91. The van der Waals surface area contributed by atoms with E-state index < -0.39 is 0 Å². The molecule has 3 nitrogen and oxygen atoms in total. The highest BCUT2D eigenvalue weighted by molar-refractivity contribution is 5.27. The first-order valence-electron chi connectivity index (χ1n) is 7.06. The first kappa shape index (κ1) is 16.0. The van der Waals surface area contributed by atoms with E-state index >= 15 is 0 Å². The molecule has 0 aliphatic carbocycles. The lowest BCUT2D eigenvalue weighted by atomic mass is 10.1. The molecule has 1 N–H and O–H groups in total. The van der Waals surface area contributed by atoms with E-state index in [4.69, 9.17) is 4.74 Å². The van der Waals surface area contributed by atoms with E-state index in [2.05, 4.69) is 50.2 Å². The van der Waals surface area contributed by atoms with Gasteiger partial charge in [0.2, 0.25) is 0 Å². The van der Waals surface area contributed by atoms with Crippen molar-refractivity contribution in [1.82, 2.24) is 10.2 Å². The summed E-state index contributed by atoms with van der Waals surface area (Å²) >= 11 is 0. The van der Waals surface area contributed by atoms with Crippen molar-refractivity contribution in [2.45, 2.75) is 33.4 Å². The molecule has 0 saturated carbocycles. The van der Waals surface area contributed by atoms with Crippen LogP contribution in [0.2, 0.25) is 0 Å². The second-order valence-corrected chi connectivity index (χ2v) is 5.66. The zero-order valence-electron chi connectivity index (χ0n) is 12.9. The molecule has 0 saturated heterocycles. The van der Waals surface area contributed by atoms with Gasteiger partial charge in [-0.3, -0.25) is 4.90 Å². The molecule has 1 atom stereocenters. The fraction of sp³-hybridized carbons (Fsp3) is 0.625. The Hall–Kier alpha value is -1.06. The van der Waals surface area contributed by atoms with Gasteiger partial charge < -0.3 is 10.1 Å². The first-order valence-corrected chi connectivity index (χ1v) is 7.06. The van der Waals surface area contributed by atoms with Gasteiger partial charge in [0.15, 0.2) is 0 Å². The molecule has 0 radical (unpaired) electrons. The van der Waals surface area contributed by atoms with Crippen LogP contribution >= 0.6 is 0 Å². The highest BCUT2D eigenvalue weighted by Crippen LogP contribution is 2.13. The molecule has 0 aliphatic rings. The van der Waals surface area contributed by atoms with Gasteiger partial charge in [0.05, 0.1) is 7.11 Å². The van der Waals surface area contributed by atoms with Crippen LogP contribution in [0.3, 0.4) is 0 Å². The number of methoxy groups -OCH3 is 1. The Kier molecular flexibility index (Phi) is 6.89.